The third kappa shape index (κ3) is 8.46. The first kappa shape index (κ1) is 28.5. The molecule has 0 N–H and O–H groups in total. The van der Waals surface area contributed by atoms with Crippen molar-refractivity contribution in [1.82, 2.24) is 0 Å². The summed E-state index contributed by atoms with van der Waals surface area (Å²) in [5.41, 5.74) is 0.566. The zero-order valence-corrected chi connectivity index (χ0v) is 22.9. The van der Waals surface area contributed by atoms with Crippen molar-refractivity contribution in [3.63, 3.8) is 0 Å². The number of hydrogen-bond acceptors (Lipinski definition) is 1. The summed E-state index contributed by atoms with van der Waals surface area (Å²) in [6, 6.07) is 3.45. The second kappa shape index (κ2) is 15.2. The number of unbranched alkanes of at least 4 members (excludes halogenated alkanes) is 6. The molecule has 2 fully saturated rings. The van der Waals surface area contributed by atoms with Crippen LogP contribution in [0.25, 0.3) is 0 Å². The van der Waals surface area contributed by atoms with Gasteiger partial charge >= 0.3 is 0 Å². The Labute approximate surface area is 214 Å². The molecule has 2 saturated carbocycles. The van der Waals surface area contributed by atoms with Gasteiger partial charge in [0.15, 0.2) is 11.6 Å². The van der Waals surface area contributed by atoms with E-state index >= 15 is 0 Å². The van der Waals surface area contributed by atoms with Crippen LogP contribution in [0.15, 0.2) is 12.1 Å². The highest BCUT2D eigenvalue weighted by Gasteiger charge is 2.33. The Bertz CT molecular complexity index is 717. The van der Waals surface area contributed by atoms with E-state index in [1.165, 1.54) is 70.6 Å². The fourth-order valence-corrected chi connectivity index (χ4v) is 6.89. The quantitative estimate of drug-likeness (QED) is 0.236. The zero-order valence-electron chi connectivity index (χ0n) is 22.9. The highest BCUT2D eigenvalue weighted by molar-refractivity contribution is 5.33. The first-order valence-electron chi connectivity index (χ1n) is 15.2. The van der Waals surface area contributed by atoms with Gasteiger partial charge in [0.05, 0.1) is 6.61 Å². The monoisotopic (exact) mass is 490 g/mol. The molecule has 3 heteroatoms. The van der Waals surface area contributed by atoms with Crippen molar-refractivity contribution >= 4 is 0 Å². The summed E-state index contributed by atoms with van der Waals surface area (Å²) in [5.74, 6) is 2.10. The van der Waals surface area contributed by atoms with Gasteiger partial charge in [-0.25, -0.2) is 4.39 Å². The highest BCUT2D eigenvalue weighted by atomic mass is 19.2. The largest absolute Gasteiger partial charge is 0.490 e. The Kier molecular flexibility index (Phi) is 12.4. The smallest absolute Gasteiger partial charge is 0.200 e. The van der Waals surface area contributed by atoms with Gasteiger partial charge < -0.3 is 4.74 Å². The maximum Gasteiger partial charge on any atom is 0.200 e. The summed E-state index contributed by atoms with van der Waals surface area (Å²) < 4.78 is 35.3. The molecule has 0 aliphatic heterocycles. The molecule has 1 nitrogen and oxygen atoms in total. The van der Waals surface area contributed by atoms with E-state index in [4.69, 9.17) is 4.74 Å². The number of benzene rings is 1. The topological polar surface area (TPSA) is 9.23 Å². The van der Waals surface area contributed by atoms with Crippen LogP contribution < -0.4 is 4.74 Å². The molecule has 0 aromatic heterocycles. The van der Waals surface area contributed by atoms with Crippen molar-refractivity contribution in [2.75, 3.05) is 6.61 Å². The Balaban J connectivity index is 1.43. The molecular formula is C32H52F2O. The molecule has 2 aliphatic rings. The summed E-state index contributed by atoms with van der Waals surface area (Å²) >= 11 is 0. The molecule has 1 aromatic carbocycles. The third-order valence-corrected chi connectivity index (χ3v) is 9.39. The molecule has 2 aliphatic carbocycles. The minimum atomic E-state index is -0.790. The minimum absolute atomic E-state index is 0.0781. The molecule has 35 heavy (non-hydrogen) atoms. The van der Waals surface area contributed by atoms with Gasteiger partial charge in [0.2, 0.25) is 5.82 Å². The Hall–Kier alpha value is -1.12. The maximum absolute atomic E-state index is 15.0. The average molecular weight is 491 g/mol. The van der Waals surface area contributed by atoms with Crippen molar-refractivity contribution in [3.8, 4) is 5.75 Å². The summed E-state index contributed by atoms with van der Waals surface area (Å²) in [6.07, 6.45) is 21.0. The molecule has 0 saturated heterocycles. The fourth-order valence-electron chi connectivity index (χ4n) is 6.89. The normalized spacial score (nSPS) is 26.0. The van der Waals surface area contributed by atoms with E-state index in [-0.39, 0.29) is 11.7 Å². The lowest BCUT2D eigenvalue weighted by Crippen LogP contribution is -2.28. The van der Waals surface area contributed by atoms with Crippen molar-refractivity contribution in [3.05, 3.63) is 29.3 Å². The van der Waals surface area contributed by atoms with Crippen LogP contribution in [-0.2, 0) is 0 Å². The van der Waals surface area contributed by atoms with Crippen LogP contribution in [0.1, 0.15) is 141 Å². The van der Waals surface area contributed by atoms with Gasteiger partial charge in [-0.15, -0.1) is 0 Å². The van der Waals surface area contributed by atoms with Crippen LogP contribution in [0.2, 0.25) is 0 Å². The average Bonchev–Trinajstić information content (AvgIpc) is 2.89. The zero-order chi connectivity index (χ0) is 25.0. The molecule has 1 aromatic rings. The lowest BCUT2D eigenvalue weighted by atomic mass is 9.66. The van der Waals surface area contributed by atoms with Gasteiger partial charge in [-0.2, -0.15) is 4.39 Å². The summed E-state index contributed by atoms with van der Waals surface area (Å²) in [4.78, 5) is 0. The molecule has 0 heterocycles. The standard InChI is InChI=1S/C32H52F2O/c1-4-6-8-9-11-23-35-30-22-21-29(31(33)32(30)34)28-19-17-27(18-20-28)24(3)26-15-13-25(14-16-26)12-10-7-5-2/h21-22,24-28H,4-20,23H2,1-3H3. The molecule has 0 bridgehead atoms. The Morgan fingerprint density at radius 2 is 1.34 bits per heavy atom. The number of ether oxygens (including phenoxy) is 1. The van der Waals surface area contributed by atoms with Crippen molar-refractivity contribution in [2.45, 2.75) is 136 Å². The van der Waals surface area contributed by atoms with E-state index in [0.29, 0.717) is 12.2 Å². The summed E-state index contributed by atoms with van der Waals surface area (Å²) in [6.45, 7) is 7.41. The van der Waals surface area contributed by atoms with E-state index < -0.39 is 11.6 Å². The lowest BCUT2D eigenvalue weighted by molar-refractivity contribution is 0.131. The fraction of sp³-hybridized carbons (Fsp3) is 0.812. The second-order valence-electron chi connectivity index (χ2n) is 11.8. The molecule has 0 spiro atoms. The third-order valence-electron chi connectivity index (χ3n) is 9.39. The van der Waals surface area contributed by atoms with E-state index in [1.807, 2.05) is 0 Å². The van der Waals surface area contributed by atoms with Crippen LogP contribution >= 0.6 is 0 Å². The molecule has 1 unspecified atom stereocenters. The number of rotatable bonds is 14. The highest BCUT2D eigenvalue weighted by Crippen LogP contribution is 2.45. The van der Waals surface area contributed by atoms with Gasteiger partial charge in [0.25, 0.3) is 0 Å². The maximum atomic E-state index is 15.0. The van der Waals surface area contributed by atoms with Crippen molar-refractivity contribution in [2.24, 2.45) is 23.7 Å². The van der Waals surface area contributed by atoms with E-state index in [1.54, 1.807) is 12.1 Å². The van der Waals surface area contributed by atoms with Gasteiger partial charge in [0.1, 0.15) is 0 Å². The first-order chi connectivity index (χ1) is 17.0. The van der Waals surface area contributed by atoms with Crippen molar-refractivity contribution < 1.29 is 13.5 Å². The number of halogens is 2. The molecule has 0 amide bonds. The van der Waals surface area contributed by atoms with Gasteiger partial charge in [-0.3, -0.25) is 0 Å². The first-order valence-corrected chi connectivity index (χ1v) is 15.2. The molecule has 200 valence electrons. The van der Waals surface area contributed by atoms with Crippen LogP contribution in [0.5, 0.6) is 5.75 Å². The molecule has 3 rings (SSSR count). The predicted molar refractivity (Wildman–Crippen MR) is 144 cm³/mol. The van der Waals surface area contributed by atoms with Crippen LogP contribution in [0, 0.1) is 35.3 Å². The van der Waals surface area contributed by atoms with Crippen LogP contribution in [-0.4, -0.2) is 6.61 Å². The van der Waals surface area contributed by atoms with Gasteiger partial charge in [-0.1, -0.05) is 91.0 Å². The van der Waals surface area contributed by atoms with Gasteiger partial charge in [-0.05, 0) is 86.2 Å². The minimum Gasteiger partial charge on any atom is -0.490 e. The summed E-state index contributed by atoms with van der Waals surface area (Å²) in [5, 5.41) is 0. The number of hydrogen-bond donors (Lipinski definition) is 0. The van der Waals surface area contributed by atoms with E-state index in [2.05, 4.69) is 20.8 Å². The second-order valence-corrected chi connectivity index (χ2v) is 11.8. The summed E-state index contributed by atoms with van der Waals surface area (Å²) in [7, 11) is 0. The van der Waals surface area contributed by atoms with E-state index in [0.717, 1.165) is 62.2 Å². The predicted octanol–water partition coefficient (Wildman–Crippen LogP) is 10.6. The van der Waals surface area contributed by atoms with Crippen LogP contribution in [0.3, 0.4) is 0 Å². The Morgan fingerprint density at radius 1 is 0.743 bits per heavy atom. The molecular weight excluding hydrogens is 438 g/mol. The Morgan fingerprint density at radius 3 is 2.00 bits per heavy atom. The molecule has 1 atom stereocenters. The lowest BCUT2D eigenvalue weighted by Gasteiger charge is -2.39. The molecule has 0 radical (unpaired) electrons. The van der Waals surface area contributed by atoms with Crippen molar-refractivity contribution in [1.29, 1.82) is 0 Å². The van der Waals surface area contributed by atoms with Gasteiger partial charge in [0, 0.05) is 0 Å². The SMILES string of the molecule is CCCCCCCOc1ccc(C2CCC(C(C)C3CCC(CCCCC)CC3)CC2)c(F)c1F. The van der Waals surface area contributed by atoms with E-state index in [9.17, 15) is 8.78 Å². The van der Waals surface area contributed by atoms with Crippen LogP contribution in [0.4, 0.5) is 8.78 Å².